The molecule has 1 amide bonds. The molecule has 0 fully saturated rings. The van der Waals surface area contributed by atoms with Gasteiger partial charge in [0.05, 0.1) is 6.10 Å². The summed E-state index contributed by atoms with van der Waals surface area (Å²) in [5.74, 6) is -0.136. The van der Waals surface area contributed by atoms with Crippen LogP contribution in [-0.4, -0.2) is 17.6 Å². The number of hydrogen-bond acceptors (Lipinski definition) is 2. The Balaban J connectivity index is 2.94. The third-order valence-corrected chi connectivity index (χ3v) is 2.57. The highest BCUT2D eigenvalue weighted by atomic mass is 35.5. The Morgan fingerprint density at radius 2 is 1.74 bits per heavy atom. The second-order valence-corrected chi connectivity index (χ2v) is 6.29. The summed E-state index contributed by atoms with van der Waals surface area (Å²) in [6, 6.07) is 7.16. The highest BCUT2D eigenvalue weighted by Gasteiger charge is 2.25. The van der Waals surface area contributed by atoms with Crippen molar-refractivity contribution in [1.29, 1.82) is 0 Å². The van der Waals surface area contributed by atoms with E-state index in [-0.39, 0.29) is 17.6 Å². The summed E-state index contributed by atoms with van der Waals surface area (Å²) in [7, 11) is 0. The van der Waals surface area contributed by atoms with Gasteiger partial charge in [-0.05, 0) is 52.3 Å². The molecule has 0 bridgehead atoms. The molecule has 0 saturated carbocycles. The van der Waals surface area contributed by atoms with Crippen LogP contribution in [0, 0.1) is 0 Å². The number of halogens is 1. The Morgan fingerprint density at radius 1 is 1.21 bits per heavy atom. The average molecular weight is 284 g/mol. The second kappa shape index (κ2) is 6.40. The fraction of sp³-hybridized carbons (Fsp3) is 0.533. The number of benzene rings is 1. The fourth-order valence-corrected chi connectivity index (χ4v) is 1.76. The molecule has 106 valence electrons. The summed E-state index contributed by atoms with van der Waals surface area (Å²) in [5.41, 5.74) is 0.516. The largest absolute Gasteiger partial charge is 0.361 e. The van der Waals surface area contributed by atoms with Crippen LogP contribution in [-0.2, 0) is 9.53 Å². The van der Waals surface area contributed by atoms with Gasteiger partial charge in [-0.25, -0.2) is 0 Å². The molecule has 0 heterocycles. The van der Waals surface area contributed by atoms with Crippen LogP contribution in [0.5, 0.6) is 0 Å². The van der Waals surface area contributed by atoms with Gasteiger partial charge in [0.2, 0.25) is 0 Å². The lowest BCUT2D eigenvalue weighted by Crippen LogP contribution is -2.44. The molecule has 0 aliphatic carbocycles. The minimum absolute atomic E-state index is 0.0357. The predicted octanol–water partition coefficient (Wildman–Crippen LogP) is 3.72. The normalized spacial score (nSPS) is 13.4. The van der Waals surface area contributed by atoms with E-state index < -0.39 is 6.10 Å². The first-order valence-electron chi connectivity index (χ1n) is 6.42. The summed E-state index contributed by atoms with van der Waals surface area (Å²) in [5, 5.41) is 3.58. The van der Waals surface area contributed by atoms with Crippen LogP contribution in [0.15, 0.2) is 24.3 Å². The van der Waals surface area contributed by atoms with Crippen molar-refractivity contribution in [3.8, 4) is 0 Å². The molecule has 1 N–H and O–H groups in total. The van der Waals surface area contributed by atoms with Crippen molar-refractivity contribution in [3.05, 3.63) is 34.9 Å². The summed E-state index contributed by atoms with van der Waals surface area (Å²) < 4.78 is 5.73. The zero-order valence-electron chi connectivity index (χ0n) is 12.2. The summed E-state index contributed by atoms with van der Waals surface area (Å²) in [6.45, 7) is 9.65. The Hall–Kier alpha value is -1.06. The van der Waals surface area contributed by atoms with E-state index in [1.165, 1.54) is 0 Å². The van der Waals surface area contributed by atoms with Crippen LogP contribution in [0.25, 0.3) is 0 Å². The van der Waals surface area contributed by atoms with Gasteiger partial charge in [0.1, 0.15) is 0 Å². The van der Waals surface area contributed by atoms with Crippen molar-refractivity contribution >= 4 is 17.5 Å². The van der Waals surface area contributed by atoms with Crippen molar-refractivity contribution in [2.75, 3.05) is 0 Å². The van der Waals surface area contributed by atoms with Crippen molar-refractivity contribution in [2.45, 2.75) is 52.4 Å². The molecule has 1 aromatic carbocycles. The lowest BCUT2D eigenvalue weighted by Gasteiger charge is -2.26. The van der Waals surface area contributed by atoms with E-state index >= 15 is 0 Å². The molecular formula is C15H22ClNO2. The molecule has 19 heavy (non-hydrogen) atoms. The van der Waals surface area contributed by atoms with Crippen molar-refractivity contribution < 1.29 is 9.53 Å². The Labute approximate surface area is 120 Å². The van der Waals surface area contributed by atoms with Gasteiger partial charge in [-0.1, -0.05) is 23.7 Å². The van der Waals surface area contributed by atoms with E-state index in [9.17, 15) is 4.79 Å². The molecule has 0 aliphatic rings. The van der Waals surface area contributed by atoms with Gasteiger partial charge >= 0.3 is 0 Å². The quantitative estimate of drug-likeness (QED) is 0.914. The molecular weight excluding hydrogens is 262 g/mol. The maximum absolute atomic E-state index is 12.3. The van der Waals surface area contributed by atoms with Crippen molar-refractivity contribution in [1.82, 2.24) is 5.32 Å². The van der Waals surface area contributed by atoms with Crippen LogP contribution in [0.3, 0.4) is 0 Å². The second-order valence-electron chi connectivity index (χ2n) is 5.86. The summed E-state index contributed by atoms with van der Waals surface area (Å²) >= 11 is 5.87. The minimum atomic E-state index is -0.614. The molecule has 3 nitrogen and oxygen atoms in total. The van der Waals surface area contributed by atoms with E-state index in [1.54, 1.807) is 12.1 Å². The topological polar surface area (TPSA) is 38.3 Å². The number of rotatable bonds is 4. The van der Waals surface area contributed by atoms with E-state index in [0.29, 0.717) is 5.02 Å². The monoisotopic (exact) mass is 283 g/mol. The number of carbonyl (C=O) groups is 1. The molecule has 4 heteroatoms. The molecule has 1 aromatic rings. The Bertz CT molecular complexity index is 421. The maximum Gasteiger partial charge on any atom is 0.254 e. The van der Waals surface area contributed by atoms with Gasteiger partial charge in [0, 0.05) is 10.6 Å². The molecule has 1 atom stereocenters. The van der Waals surface area contributed by atoms with Gasteiger partial charge in [-0.15, -0.1) is 0 Å². The van der Waals surface area contributed by atoms with Gasteiger partial charge in [0.15, 0.2) is 6.10 Å². The van der Waals surface area contributed by atoms with E-state index in [4.69, 9.17) is 16.3 Å². The van der Waals surface area contributed by atoms with E-state index in [1.807, 2.05) is 46.8 Å². The first-order chi connectivity index (χ1) is 8.69. The molecule has 1 unspecified atom stereocenters. The smallest absolute Gasteiger partial charge is 0.254 e. The SMILES string of the molecule is CC(C)OC(C(=O)NC(C)(C)C)c1ccc(Cl)cc1. The Morgan fingerprint density at radius 3 is 2.16 bits per heavy atom. The highest BCUT2D eigenvalue weighted by molar-refractivity contribution is 6.30. The minimum Gasteiger partial charge on any atom is -0.361 e. The maximum atomic E-state index is 12.3. The molecule has 0 spiro atoms. The van der Waals surface area contributed by atoms with Crippen molar-refractivity contribution in [2.24, 2.45) is 0 Å². The number of ether oxygens (including phenoxy) is 1. The van der Waals surface area contributed by atoms with Crippen LogP contribution >= 0.6 is 11.6 Å². The van der Waals surface area contributed by atoms with Crippen molar-refractivity contribution in [3.63, 3.8) is 0 Å². The number of amides is 1. The lowest BCUT2D eigenvalue weighted by molar-refractivity contribution is -0.137. The van der Waals surface area contributed by atoms with Gasteiger partial charge < -0.3 is 10.1 Å². The molecule has 0 aliphatic heterocycles. The first kappa shape index (κ1) is 16.0. The standard InChI is InChI=1S/C15H22ClNO2/c1-10(2)19-13(14(18)17-15(3,4)5)11-6-8-12(16)9-7-11/h6-10,13H,1-5H3,(H,17,18). The molecule has 0 radical (unpaired) electrons. The summed E-state index contributed by atoms with van der Waals surface area (Å²) in [6.07, 6.45) is -0.650. The third kappa shape index (κ3) is 5.62. The first-order valence-corrected chi connectivity index (χ1v) is 6.80. The van der Waals surface area contributed by atoms with E-state index in [0.717, 1.165) is 5.56 Å². The van der Waals surface area contributed by atoms with E-state index in [2.05, 4.69) is 5.32 Å². The Kier molecular flexibility index (Phi) is 5.39. The fourth-order valence-electron chi connectivity index (χ4n) is 1.64. The molecule has 0 saturated heterocycles. The van der Waals surface area contributed by atoms with Crippen LogP contribution < -0.4 is 5.32 Å². The number of hydrogen-bond donors (Lipinski definition) is 1. The zero-order chi connectivity index (χ0) is 14.6. The third-order valence-electron chi connectivity index (χ3n) is 2.32. The zero-order valence-corrected chi connectivity index (χ0v) is 12.9. The average Bonchev–Trinajstić information content (AvgIpc) is 2.24. The molecule has 0 aromatic heterocycles. The number of nitrogens with one attached hydrogen (secondary N) is 1. The highest BCUT2D eigenvalue weighted by Crippen LogP contribution is 2.22. The lowest BCUT2D eigenvalue weighted by atomic mass is 10.1. The van der Waals surface area contributed by atoms with Gasteiger partial charge in [-0.2, -0.15) is 0 Å². The van der Waals surface area contributed by atoms with Crippen LogP contribution in [0.1, 0.15) is 46.3 Å². The van der Waals surface area contributed by atoms with Crippen LogP contribution in [0.2, 0.25) is 5.02 Å². The summed E-state index contributed by atoms with van der Waals surface area (Å²) in [4.78, 5) is 12.3. The predicted molar refractivity (Wildman–Crippen MR) is 78.3 cm³/mol. The number of carbonyl (C=O) groups excluding carboxylic acids is 1. The van der Waals surface area contributed by atoms with Crippen LogP contribution in [0.4, 0.5) is 0 Å². The molecule has 1 rings (SSSR count). The van der Waals surface area contributed by atoms with Gasteiger partial charge in [0.25, 0.3) is 5.91 Å². The van der Waals surface area contributed by atoms with Gasteiger partial charge in [-0.3, -0.25) is 4.79 Å².